The second-order valence-corrected chi connectivity index (χ2v) is 10.1. The number of rotatable bonds is 5. The number of carbonyl (C=O) groups is 1. The maximum Gasteiger partial charge on any atom is 0.333 e. The van der Waals surface area contributed by atoms with E-state index in [1.165, 1.54) is 11.3 Å². The van der Waals surface area contributed by atoms with Gasteiger partial charge in [-0.3, -0.25) is 0 Å². The number of hydrogen-bond donors (Lipinski definition) is 1. The van der Waals surface area contributed by atoms with Crippen LogP contribution in [0.15, 0.2) is 42.5 Å². The molecule has 158 valence electrons. The van der Waals surface area contributed by atoms with E-state index in [1.807, 2.05) is 37.3 Å². The van der Waals surface area contributed by atoms with Crippen LogP contribution in [0.1, 0.15) is 45.7 Å². The van der Waals surface area contributed by atoms with Crippen LogP contribution in [-0.2, 0) is 21.4 Å². The summed E-state index contributed by atoms with van der Waals surface area (Å²) >= 11 is 7.61. The number of hydrogen-bond acceptors (Lipinski definition) is 5. The van der Waals surface area contributed by atoms with Crippen molar-refractivity contribution >= 4 is 39.1 Å². The molecule has 2 aromatic carbocycles. The number of nitrogens with zero attached hydrogens (tertiary/aromatic N) is 1. The van der Waals surface area contributed by atoms with Gasteiger partial charge in [-0.1, -0.05) is 45.0 Å². The predicted molar refractivity (Wildman–Crippen MR) is 125 cm³/mol. The normalized spacial score (nSPS) is 12.7. The number of ether oxygens (including phenoxy) is 1. The van der Waals surface area contributed by atoms with Crippen LogP contribution in [-0.4, -0.2) is 22.2 Å². The Bertz CT molecular complexity index is 1130. The van der Waals surface area contributed by atoms with Crippen LogP contribution in [0.3, 0.4) is 0 Å². The summed E-state index contributed by atoms with van der Waals surface area (Å²) in [5, 5.41) is 12.4. The number of benzene rings is 2. The van der Waals surface area contributed by atoms with E-state index in [2.05, 4.69) is 27.4 Å². The van der Waals surface area contributed by atoms with Crippen molar-refractivity contribution in [3.63, 3.8) is 0 Å². The van der Waals surface area contributed by atoms with E-state index in [-0.39, 0.29) is 17.3 Å². The standard InChI is InChI=1S/C24H26ClNO3S/c1-13(2)23(28)29-14(3)9-15-10-17(21(27)18(11-15)24(4,5)6)22-26-19-12-16(25)7-8-20(19)30-22/h7-8,10-12,14,27H,1,9H2,2-6H3. The fourth-order valence-electron chi connectivity index (χ4n) is 3.22. The van der Waals surface area contributed by atoms with E-state index in [4.69, 9.17) is 21.3 Å². The first-order valence-corrected chi connectivity index (χ1v) is 10.9. The number of fused-ring (bicyclic) bond motifs is 1. The fourth-order valence-corrected chi connectivity index (χ4v) is 4.35. The first kappa shape index (κ1) is 22.3. The highest BCUT2D eigenvalue weighted by molar-refractivity contribution is 7.21. The predicted octanol–water partition coefficient (Wildman–Crippen LogP) is 6.67. The van der Waals surface area contributed by atoms with Crippen LogP contribution in [0.2, 0.25) is 5.02 Å². The topological polar surface area (TPSA) is 59.4 Å². The van der Waals surface area contributed by atoms with E-state index >= 15 is 0 Å². The van der Waals surface area contributed by atoms with Crippen LogP contribution in [0.5, 0.6) is 5.75 Å². The summed E-state index contributed by atoms with van der Waals surface area (Å²) in [4.78, 5) is 16.6. The molecule has 0 saturated carbocycles. The molecule has 4 nitrogen and oxygen atoms in total. The summed E-state index contributed by atoms with van der Waals surface area (Å²) in [6, 6.07) is 9.49. The molecule has 3 rings (SSSR count). The Labute approximate surface area is 186 Å². The zero-order valence-electron chi connectivity index (χ0n) is 17.9. The second-order valence-electron chi connectivity index (χ2n) is 8.62. The number of halogens is 1. The number of carbonyl (C=O) groups excluding carboxylic acids is 1. The van der Waals surface area contributed by atoms with Crippen LogP contribution in [0.25, 0.3) is 20.8 Å². The Hall–Kier alpha value is -2.37. The summed E-state index contributed by atoms with van der Waals surface area (Å²) in [5.41, 5.74) is 3.36. The average molecular weight is 444 g/mol. The largest absolute Gasteiger partial charge is 0.507 e. The quantitative estimate of drug-likeness (QED) is 0.353. The minimum Gasteiger partial charge on any atom is -0.507 e. The van der Waals surface area contributed by atoms with Crippen LogP contribution < -0.4 is 0 Å². The SMILES string of the molecule is C=C(C)C(=O)OC(C)Cc1cc(-c2nc3cc(Cl)ccc3s2)c(O)c(C(C)(C)C)c1. The van der Waals surface area contributed by atoms with Crippen molar-refractivity contribution in [3.05, 3.63) is 58.6 Å². The molecule has 1 N–H and O–H groups in total. The molecule has 0 bridgehead atoms. The summed E-state index contributed by atoms with van der Waals surface area (Å²) in [6.45, 7) is 13.3. The highest BCUT2D eigenvalue weighted by Crippen LogP contribution is 2.42. The first-order valence-electron chi connectivity index (χ1n) is 9.75. The lowest BCUT2D eigenvalue weighted by Gasteiger charge is -2.24. The van der Waals surface area contributed by atoms with Gasteiger partial charge in [0.2, 0.25) is 0 Å². The number of aromatic nitrogens is 1. The second kappa shape index (κ2) is 8.40. The first-order chi connectivity index (χ1) is 14.0. The smallest absolute Gasteiger partial charge is 0.333 e. The Morgan fingerprint density at radius 3 is 2.63 bits per heavy atom. The van der Waals surface area contributed by atoms with Gasteiger partial charge in [0.15, 0.2) is 0 Å². The molecule has 0 spiro atoms. The summed E-state index contributed by atoms with van der Waals surface area (Å²) < 4.78 is 6.45. The third-order valence-electron chi connectivity index (χ3n) is 4.74. The molecular weight excluding hydrogens is 418 g/mol. The lowest BCUT2D eigenvalue weighted by Crippen LogP contribution is -2.18. The molecule has 0 radical (unpaired) electrons. The van der Waals surface area contributed by atoms with Crippen molar-refractivity contribution in [3.8, 4) is 16.3 Å². The Morgan fingerprint density at radius 1 is 1.30 bits per heavy atom. The zero-order chi connectivity index (χ0) is 22.2. The molecule has 0 aliphatic heterocycles. The van der Waals surface area contributed by atoms with Crippen molar-refractivity contribution in [2.45, 2.75) is 52.6 Å². The molecule has 3 aromatic rings. The van der Waals surface area contributed by atoms with Crippen molar-refractivity contribution in [2.24, 2.45) is 0 Å². The van der Waals surface area contributed by atoms with Crippen LogP contribution >= 0.6 is 22.9 Å². The van der Waals surface area contributed by atoms with Crippen molar-refractivity contribution in [2.75, 3.05) is 0 Å². The van der Waals surface area contributed by atoms with Gasteiger partial charge >= 0.3 is 5.97 Å². The maximum absolute atomic E-state index is 11.9. The Kier molecular flexibility index (Phi) is 6.25. The van der Waals surface area contributed by atoms with E-state index in [0.29, 0.717) is 22.6 Å². The molecule has 0 fully saturated rings. The molecular formula is C24H26ClNO3S. The molecule has 1 unspecified atom stereocenters. The van der Waals surface area contributed by atoms with Crippen molar-refractivity contribution in [1.82, 2.24) is 4.98 Å². The lowest BCUT2D eigenvalue weighted by molar-refractivity contribution is -0.143. The zero-order valence-corrected chi connectivity index (χ0v) is 19.4. The third kappa shape index (κ3) is 4.85. The number of aromatic hydroxyl groups is 1. The average Bonchev–Trinajstić information content (AvgIpc) is 3.04. The van der Waals surface area contributed by atoms with Gasteiger partial charge < -0.3 is 9.84 Å². The van der Waals surface area contributed by atoms with Gasteiger partial charge in [0, 0.05) is 22.6 Å². The van der Waals surface area contributed by atoms with Gasteiger partial charge in [0.1, 0.15) is 16.9 Å². The van der Waals surface area contributed by atoms with Gasteiger partial charge in [0.05, 0.1) is 15.8 Å². The fraction of sp³-hybridized carbons (Fsp3) is 0.333. The molecule has 0 amide bonds. The molecule has 1 aromatic heterocycles. The van der Waals surface area contributed by atoms with Crippen molar-refractivity contribution < 1.29 is 14.6 Å². The summed E-state index contributed by atoms with van der Waals surface area (Å²) in [6.07, 6.45) is 0.195. The van der Waals surface area contributed by atoms with Gasteiger partial charge in [-0.15, -0.1) is 11.3 Å². The molecule has 30 heavy (non-hydrogen) atoms. The molecule has 0 aliphatic carbocycles. The highest BCUT2D eigenvalue weighted by Gasteiger charge is 2.24. The summed E-state index contributed by atoms with van der Waals surface area (Å²) in [7, 11) is 0. The number of phenols is 1. The highest BCUT2D eigenvalue weighted by atomic mass is 35.5. The number of esters is 1. The minimum atomic E-state index is -0.402. The van der Waals surface area contributed by atoms with Crippen LogP contribution in [0, 0.1) is 0 Å². The van der Waals surface area contributed by atoms with E-state index in [1.54, 1.807) is 6.92 Å². The molecule has 1 heterocycles. The van der Waals surface area contributed by atoms with Gasteiger partial charge in [-0.2, -0.15) is 0 Å². The Balaban J connectivity index is 2.06. The maximum atomic E-state index is 11.9. The molecule has 6 heteroatoms. The molecule has 0 aliphatic rings. The van der Waals surface area contributed by atoms with Crippen molar-refractivity contribution in [1.29, 1.82) is 0 Å². The van der Waals surface area contributed by atoms with E-state index < -0.39 is 5.97 Å². The number of thiazole rings is 1. The van der Waals surface area contributed by atoms with Gasteiger partial charge in [-0.25, -0.2) is 9.78 Å². The molecule has 0 saturated heterocycles. The van der Waals surface area contributed by atoms with E-state index in [9.17, 15) is 9.90 Å². The minimum absolute atomic E-state index is 0.225. The molecule has 1 atom stereocenters. The monoisotopic (exact) mass is 443 g/mol. The third-order valence-corrected chi connectivity index (χ3v) is 6.04. The van der Waals surface area contributed by atoms with Gasteiger partial charge in [-0.05, 0) is 49.1 Å². The van der Waals surface area contributed by atoms with Crippen LogP contribution in [0.4, 0.5) is 0 Å². The van der Waals surface area contributed by atoms with E-state index in [0.717, 1.165) is 26.4 Å². The lowest BCUT2D eigenvalue weighted by atomic mass is 9.83. The Morgan fingerprint density at radius 2 is 2.00 bits per heavy atom. The summed E-state index contributed by atoms with van der Waals surface area (Å²) in [5.74, 6) is -0.177. The number of phenolic OH excluding ortho intramolecular Hbond substituents is 1. The van der Waals surface area contributed by atoms with Gasteiger partial charge in [0.25, 0.3) is 0 Å².